The highest BCUT2D eigenvalue weighted by molar-refractivity contribution is 6.13. The van der Waals surface area contributed by atoms with Crippen LogP contribution in [0.25, 0.3) is 0 Å². The van der Waals surface area contributed by atoms with Crippen LogP contribution in [0.2, 0.25) is 0 Å². The molecule has 2 saturated heterocycles. The van der Waals surface area contributed by atoms with Gasteiger partial charge >= 0.3 is 12.1 Å². The van der Waals surface area contributed by atoms with Gasteiger partial charge in [-0.1, -0.05) is 124 Å². The third kappa shape index (κ3) is 36.7. The molecule has 17 N–H and O–H groups in total. The Hall–Kier alpha value is -10.3. The van der Waals surface area contributed by atoms with Crippen molar-refractivity contribution < 1.29 is 130 Å². The monoisotopic (exact) mass is 1950 g/mol. The Kier molecular flexibility index (Phi) is 51.2. The van der Waals surface area contributed by atoms with Gasteiger partial charge in [0.25, 0.3) is 11.8 Å². The summed E-state index contributed by atoms with van der Waals surface area (Å²) in [7, 11) is 6.01. The van der Waals surface area contributed by atoms with Gasteiger partial charge in [-0.25, -0.2) is 15.1 Å². The van der Waals surface area contributed by atoms with Gasteiger partial charge in [-0.3, -0.25) is 62.5 Å². The quantitative estimate of drug-likeness (QED) is 0.0257. The highest BCUT2D eigenvalue weighted by atomic mass is 16.6. The molecule has 14 amide bonds. The third-order valence-electron chi connectivity index (χ3n) is 25.1. The molecule has 0 saturated carbocycles. The zero-order valence-corrected chi connectivity index (χ0v) is 82.3. The average molecular weight is 1950 g/mol. The zero-order chi connectivity index (χ0) is 102. The number of primary amides is 1. The summed E-state index contributed by atoms with van der Waals surface area (Å²) < 4.78 is 51.8. The number of likely N-dealkylation sites (N-methyl/N-ethyl adjacent to an activating group) is 2. The normalized spacial score (nSPS) is 21.0. The smallest absolute Gasteiger partial charge is 0.410 e. The molecule has 3 aliphatic heterocycles. The fraction of sp³-hybridized carbons (Fsp3) is 0.695. The number of aliphatic hydroxyl groups excluding tert-OH is 5. The van der Waals surface area contributed by atoms with Gasteiger partial charge in [-0.15, -0.1) is 0 Å². The summed E-state index contributed by atoms with van der Waals surface area (Å²) in [4.78, 5) is 183. The van der Waals surface area contributed by atoms with E-state index in [-0.39, 0.29) is 153 Å². The second-order valence-corrected chi connectivity index (χ2v) is 36.3. The van der Waals surface area contributed by atoms with Gasteiger partial charge in [0.2, 0.25) is 53.2 Å². The molecule has 774 valence electrons. The summed E-state index contributed by atoms with van der Waals surface area (Å²) in [5.41, 5.74) is 15.3. The molecule has 43 nitrogen and oxygen atoms in total. The number of ether oxygens (including phenoxy) is 9. The van der Waals surface area contributed by atoms with E-state index in [1.54, 1.807) is 104 Å². The molecule has 1 aliphatic carbocycles. The number of urea groups is 1. The van der Waals surface area contributed by atoms with Gasteiger partial charge in [0.05, 0.1) is 115 Å². The van der Waals surface area contributed by atoms with Crippen LogP contribution in [0, 0.1) is 35.1 Å². The molecule has 0 bridgehead atoms. The molecule has 0 spiro atoms. The molecule has 2 aromatic rings. The number of benzene rings is 2. The molecule has 0 radical (unpaired) electrons. The highest BCUT2D eigenvalue weighted by Gasteiger charge is 2.47. The molecule has 2 fully saturated rings. The number of methoxy groups -OCH3 is 2. The van der Waals surface area contributed by atoms with Crippen molar-refractivity contribution in [1.82, 2.24) is 62.1 Å². The largest absolute Gasteiger partial charge is 0.445 e. The van der Waals surface area contributed by atoms with E-state index in [1.165, 1.54) is 50.5 Å². The van der Waals surface area contributed by atoms with Crippen LogP contribution in [-0.4, -0.2) is 340 Å². The number of hydrogen-bond acceptors (Lipinski definition) is 30. The predicted octanol–water partition coefficient (Wildman–Crippen LogP) is 2.73. The third-order valence-corrected chi connectivity index (χ3v) is 25.1. The number of nitrogens with one attached hydrogen (secondary N) is 10. The molecule has 2 aromatic carbocycles. The van der Waals surface area contributed by atoms with Crippen molar-refractivity contribution in [2.24, 2.45) is 40.4 Å². The van der Waals surface area contributed by atoms with E-state index in [2.05, 4.69) is 53.0 Å². The van der Waals surface area contributed by atoms with E-state index in [0.29, 0.717) is 68.3 Å². The number of imide groups is 1. The Morgan fingerprint density at radius 3 is 1.86 bits per heavy atom. The highest BCUT2D eigenvalue weighted by Crippen LogP contribution is 2.33. The molecule has 4 aliphatic rings. The van der Waals surface area contributed by atoms with Gasteiger partial charge in [-0.2, -0.15) is 5.11 Å². The Balaban J connectivity index is 1.06. The number of likely N-dealkylation sites (tertiary alicyclic amines) is 1. The van der Waals surface area contributed by atoms with Crippen molar-refractivity contribution in [2.45, 2.75) is 276 Å². The summed E-state index contributed by atoms with van der Waals surface area (Å²) in [6.45, 7) is 18.1. The average Bonchev–Trinajstić information content (AvgIpc) is 1.21. The van der Waals surface area contributed by atoms with Gasteiger partial charge in [0, 0.05) is 77.9 Å². The first-order valence-corrected chi connectivity index (χ1v) is 47.9. The lowest BCUT2D eigenvalue weighted by Gasteiger charge is -2.41. The molecule has 6 rings (SSSR count). The summed E-state index contributed by atoms with van der Waals surface area (Å²) in [6, 6.07) is 6.49. The van der Waals surface area contributed by atoms with E-state index in [4.69, 9.17) is 53.9 Å². The summed E-state index contributed by atoms with van der Waals surface area (Å²) in [5.74, 6) is -8.39. The topological polar surface area (TPSA) is 590 Å². The van der Waals surface area contributed by atoms with Crippen LogP contribution in [0.15, 0.2) is 83.3 Å². The van der Waals surface area contributed by atoms with Crippen molar-refractivity contribution in [3.05, 3.63) is 89.3 Å². The molecular weight excluding hydrogens is 1800 g/mol. The maximum atomic E-state index is 15.0. The number of allylic oxidation sites excluding steroid dienone is 1. The van der Waals surface area contributed by atoms with Gasteiger partial charge in [-0.05, 0) is 118 Å². The minimum Gasteiger partial charge on any atom is -0.445 e. The van der Waals surface area contributed by atoms with Crippen LogP contribution < -0.4 is 53.6 Å². The number of unbranched alkanes of at least 4 members (excludes halogenated alkanes) is 1. The second-order valence-electron chi connectivity index (χ2n) is 36.3. The second kappa shape index (κ2) is 60.6. The van der Waals surface area contributed by atoms with Crippen molar-refractivity contribution in [1.29, 1.82) is 5.53 Å². The molecule has 2 unspecified atom stereocenters. The number of rotatable bonds is 61. The molecule has 43 heteroatoms. The number of nitrogens with zero attached hydrogens (tertiary/aromatic N) is 5. The number of hydrogen-bond donors (Lipinski definition) is 16. The minimum absolute atomic E-state index is 0.00102. The number of aliphatic hydroxyl groups is 5. The SMILES string of the molecule is CC[C@H](C)[C@@H]([C@@H](CC(=O)N1CCC[C@H]1[C@H](OC)[C@@H](C)C(=O)N[C@H](C)C(O)c1ccccc1)OC)N(C)C(=O)[C@@H](NC(=O)[C@H](C(C)C)N(C)C(=O)OCc1ccc(NC(=O)[C@H](CCCNC(N)=O)NC(=O)[C@@H](NC(=O)[C@@H](CCCCNC(=O)COC2CCCCC/C(N[C@@H]3O[C@H](CO)[C@H](O)[C@H](O)[C@H]3O)=C\2N=N)NC(=O)CCOCCOCCOCCOCCN2C(=O)C=CC2=O)C(C)C)cc1)C(C)C. The first-order chi connectivity index (χ1) is 65.8. The van der Waals surface area contributed by atoms with Crippen LogP contribution >= 0.6 is 0 Å². The molecule has 3 heterocycles. The Morgan fingerprint density at radius 2 is 1.25 bits per heavy atom. The van der Waals surface area contributed by atoms with Crippen LogP contribution in [0.3, 0.4) is 0 Å². The fourth-order valence-electron chi connectivity index (χ4n) is 17.0. The molecule has 0 aromatic heterocycles. The van der Waals surface area contributed by atoms with Crippen LogP contribution in [0.1, 0.15) is 183 Å². The molecule has 138 heavy (non-hydrogen) atoms. The number of anilines is 1. The number of carbonyl (C=O) groups excluding carboxylic acids is 13. The van der Waals surface area contributed by atoms with Crippen molar-refractivity contribution in [3.63, 3.8) is 0 Å². The van der Waals surface area contributed by atoms with E-state index < -0.39 is 206 Å². The van der Waals surface area contributed by atoms with Gasteiger partial charge < -0.3 is 132 Å². The Bertz CT molecular complexity index is 4250. The first kappa shape index (κ1) is 116. The maximum Gasteiger partial charge on any atom is 0.410 e. The maximum absolute atomic E-state index is 15.0. The number of amides is 14. The summed E-state index contributed by atoms with van der Waals surface area (Å²) >= 11 is 0. The lowest BCUT2D eigenvalue weighted by atomic mass is 9.89. The van der Waals surface area contributed by atoms with E-state index in [9.17, 15) is 87.9 Å². The first-order valence-electron chi connectivity index (χ1n) is 47.9. The lowest BCUT2D eigenvalue weighted by molar-refractivity contribution is -0.234. The molecular formula is C95H152N16O27. The van der Waals surface area contributed by atoms with Gasteiger partial charge in [0.15, 0.2) is 6.23 Å². The lowest BCUT2D eigenvalue weighted by Crippen LogP contribution is -2.62. The van der Waals surface area contributed by atoms with E-state index in [1.807, 2.05) is 19.9 Å². The predicted molar refractivity (Wildman–Crippen MR) is 504 cm³/mol. The number of carbonyl (C=O) groups is 13. The van der Waals surface area contributed by atoms with Crippen LogP contribution in [0.5, 0.6) is 0 Å². The van der Waals surface area contributed by atoms with Crippen molar-refractivity contribution in [2.75, 3.05) is 126 Å². The zero-order valence-electron chi connectivity index (χ0n) is 82.3. The fourth-order valence-corrected chi connectivity index (χ4v) is 17.0. The van der Waals surface area contributed by atoms with Crippen LogP contribution in [-0.2, 0) is 102 Å². The minimum atomic E-state index is -1.66. The summed E-state index contributed by atoms with van der Waals surface area (Å²) in [5, 5.41) is 81.3. The van der Waals surface area contributed by atoms with Crippen LogP contribution in [0.4, 0.5) is 15.3 Å². The standard InChI is InChI=1S/C95H152N16O27/c1-15-59(8)81(70(130-13)52-76(117)110-42-25-31-68(110)86(131-14)60(9)87(122)100-61(10)82(118)63-26-18-16-19-27-63)108(11)93(127)78(57(4)5)106-91(126)80(58(6)7)109(12)95(129)137-54-62-33-35-64(36-34-62)101-88(123)67(30-24-41-99-94(96)128)103-90(125)77(56(2)3)105-89(124)66(102-72(113)39-44-132-46-48-134-50-51-135-49-47-133-45-43-111-74(115)37-38-75(111)116)29-22-23-40-98-73(114)55-136-69-32-21-17-20-28-65(79(69)107-97)104-92-85(121)84(120)83(119)71(53-112)138-92/h16,18-19,26-27,33-38,56-61,66-71,77-78,80-86,92,97,104,112,118-121H,15,17,20-25,28-32,39-55H2,1-14H3,(H,98,114)(H,100,122)(H,101,123)(H,102,113)(H,103,125)(H,105,124)(H,106,126)(H3,96,99,128)/b79-65-,107-97?/t59-,60+,61+,66+,67-,68-,69?,70+,71+,77-,78-,80-,81-,82?,83-,84-,85+,86+,92+/m0/s1. The molecule has 19 atom stereocenters. The Labute approximate surface area is 808 Å². The van der Waals surface area contributed by atoms with Gasteiger partial charge in [0.1, 0.15) is 79.6 Å². The van der Waals surface area contributed by atoms with Crippen molar-refractivity contribution >= 4 is 82.8 Å². The van der Waals surface area contributed by atoms with E-state index in [0.717, 1.165) is 16.2 Å². The van der Waals surface area contributed by atoms with E-state index >= 15 is 0 Å². The van der Waals surface area contributed by atoms with Crippen molar-refractivity contribution in [3.8, 4) is 0 Å². The summed E-state index contributed by atoms with van der Waals surface area (Å²) in [6.07, 6.45) is -4.38. The Morgan fingerprint density at radius 1 is 0.638 bits per heavy atom. The number of nitrogens with two attached hydrogens (primary N) is 1.